The molecule has 2 aromatic rings. The highest BCUT2D eigenvalue weighted by molar-refractivity contribution is 5.68. The molecule has 0 fully saturated rings. The predicted octanol–water partition coefficient (Wildman–Crippen LogP) is 2.55. The molecule has 1 aromatic carbocycles. The van der Waals surface area contributed by atoms with Crippen LogP contribution in [0.4, 0.5) is 4.39 Å². The van der Waals surface area contributed by atoms with Crippen LogP contribution in [0.2, 0.25) is 0 Å². The summed E-state index contributed by atoms with van der Waals surface area (Å²) in [5.74, 6) is -0.200. The fraction of sp³-hybridized carbons (Fsp3) is 0.154. The van der Waals surface area contributed by atoms with E-state index in [0.29, 0.717) is 17.9 Å². The maximum absolute atomic E-state index is 14.0. The minimum absolute atomic E-state index is 0.0746. The van der Waals surface area contributed by atoms with Gasteiger partial charge >= 0.3 is 0 Å². The Hall–Kier alpha value is -2.48. The normalized spacial score (nSPS) is 9.83. The summed E-state index contributed by atoms with van der Waals surface area (Å²) in [6.45, 7) is 2.31. The minimum atomic E-state index is -0.729. The highest BCUT2D eigenvalue weighted by Crippen LogP contribution is 2.30. The maximum atomic E-state index is 14.0. The average Bonchev–Trinajstić information content (AvgIpc) is 2.40. The third kappa shape index (κ3) is 2.13. The third-order valence-corrected chi connectivity index (χ3v) is 2.34. The summed E-state index contributed by atoms with van der Waals surface area (Å²) in [5, 5.41) is 8.75. The van der Waals surface area contributed by atoms with Gasteiger partial charge in [0.05, 0.1) is 6.61 Å². The Labute approximate surface area is 104 Å². The van der Waals surface area contributed by atoms with E-state index in [9.17, 15) is 4.39 Å². The van der Waals surface area contributed by atoms with E-state index < -0.39 is 5.82 Å². The molecular weight excluding hydrogens is 233 g/mol. The van der Waals surface area contributed by atoms with Crippen molar-refractivity contribution in [2.45, 2.75) is 6.92 Å². The molecule has 0 bridgehead atoms. The number of ether oxygens (including phenoxy) is 1. The van der Waals surface area contributed by atoms with Crippen LogP contribution in [0.15, 0.2) is 30.6 Å². The molecule has 0 aliphatic heterocycles. The summed E-state index contributed by atoms with van der Waals surface area (Å²) in [7, 11) is 0. The van der Waals surface area contributed by atoms with Crippen LogP contribution in [0.1, 0.15) is 12.6 Å². The summed E-state index contributed by atoms with van der Waals surface area (Å²) >= 11 is 0. The molecule has 0 aliphatic rings. The number of nitriles is 1. The first-order valence-corrected chi connectivity index (χ1v) is 5.40. The lowest BCUT2D eigenvalue weighted by atomic mass is 10.1. The smallest absolute Gasteiger partial charge is 0.186 e. The topological polar surface area (TPSA) is 58.8 Å². The lowest BCUT2D eigenvalue weighted by Gasteiger charge is -2.09. The molecule has 18 heavy (non-hydrogen) atoms. The first-order valence-electron chi connectivity index (χ1n) is 5.40. The zero-order valence-corrected chi connectivity index (χ0v) is 9.72. The van der Waals surface area contributed by atoms with E-state index in [1.165, 1.54) is 6.33 Å². The van der Waals surface area contributed by atoms with E-state index in [0.717, 1.165) is 0 Å². The third-order valence-electron chi connectivity index (χ3n) is 2.34. The molecule has 0 saturated carbocycles. The van der Waals surface area contributed by atoms with Crippen molar-refractivity contribution in [2.24, 2.45) is 0 Å². The number of para-hydroxylation sites is 1. The van der Waals surface area contributed by atoms with E-state index in [1.54, 1.807) is 30.3 Å². The quantitative estimate of drug-likeness (QED) is 0.831. The summed E-state index contributed by atoms with van der Waals surface area (Å²) in [6, 6.07) is 8.66. The van der Waals surface area contributed by atoms with Gasteiger partial charge in [0.15, 0.2) is 11.5 Å². The number of aromatic nitrogens is 2. The van der Waals surface area contributed by atoms with Crippen molar-refractivity contribution in [3.63, 3.8) is 0 Å². The van der Waals surface area contributed by atoms with Crippen LogP contribution in [0.25, 0.3) is 11.3 Å². The van der Waals surface area contributed by atoms with E-state index in [1.807, 2.05) is 6.92 Å². The van der Waals surface area contributed by atoms with Gasteiger partial charge in [-0.15, -0.1) is 0 Å². The number of nitrogens with zero attached hydrogens (tertiary/aromatic N) is 3. The van der Waals surface area contributed by atoms with Crippen LogP contribution in [-0.2, 0) is 0 Å². The van der Waals surface area contributed by atoms with Crippen LogP contribution in [0.5, 0.6) is 5.75 Å². The molecule has 5 heteroatoms. The van der Waals surface area contributed by atoms with Gasteiger partial charge in [0.25, 0.3) is 0 Å². The van der Waals surface area contributed by atoms with E-state index >= 15 is 0 Å². The molecule has 2 rings (SSSR count). The largest absolute Gasteiger partial charge is 0.493 e. The maximum Gasteiger partial charge on any atom is 0.186 e. The standard InChI is InChI=1S/C13H10FN3O/c1-2-18-11-6-4-3-5-9(11)13-12(14)10(7-15)16-8-17-13/h3-6,8H,2H2,1H3. The van der Waals surface area contributed by atoms with E-state index in [2.05, 4.69) is 9.97 Å². The number of hydrogen-bond acceptors (Lipinski definition) is 4. The van der Waals surface area contributed by atoms with Crippen LogP contribution >= 0.6 is 0 Å². The molecule has 0 saturated heterocycles. The van der Waals surface area contributed by atoms with Gasteiger partial charge in [0.2, 0.25) is 0 Å². The number of hydrogen-bond donors (Lipinski definition) is 0. The molecule has 0 radical (unpaired) electrons. The highest BCUT2D eigenvalue weighted by Gasteiger charge is 2.15. The minimum Gasteiger partial charge on any atom is -0.493 e. The number of rotatable bonds is 3. The fourth-order valence-corrected chi connectivity index (χ4v) is 1.58. The molecule has 1 heterocycles. The lowest BCUT2D eigenvalue weighted by molar-refractivity contribution is 0.341. The Bertz CT molecular complexity index is 607. The monoisotopic (exact) mass is 243 g/mol. The molecule has 0 aliphatic carbocycles. The van der Waals surface area contributed by atoms with Crippen LogP contribution in [0.3, 0.4) is 0 Å². The highest BCUT2D eigenvalue weighted by atomic mass is 19.1. The van der Waals surface area contributed by atoms with Crippen molar-refractivity contribution in [3.05, 3.63) is 42.1 Å². The Balaban J connectivity index is 2.59. The van der Waals surface area contributed by atoms with Gasteiger partial charge in [-0.1, -0.05) is 12.1 Å². The zero-order chi connectivity index (χ0) is 13.0. The van der Waals surface area contributed by atoms with Crippen molar-refractivity contribution in [3.8, 4) is 23.1 Å². The van der Waals surface area contributed by atoms with Crippen molar-refractivity contribution >= 4 is 0 Å². The van der Waals surface area contributed by atoms with E-state index in [4.69, 9.17) is 10.00 Å². The molecule has 0 spiro atoms. The van der Waals surface area contributed by atoms with Crippen molar-refractivity contribution in [1.82, 2.24) is 9.97 Å². The molecule has 0 unspecified atom stereocenters. The van der Waals surface area contributed by atoms with Crippen molar-refractivity contribution < 1.29 is 9.13 Å². The fourth-order valence-electron chi connectivity index (χ4n) is 1.58. The summed E-state index contributed by atoms with van der Waals surface area (Å²) in [4.78, 5) is 7.45. The van der Waals surface area contributed by atoms with Crippen LogP contribution in [-0.4, -0.2) is 16.6 Å². The summed E-state index contributed by atoms with van der Waals surface area (Å²) in [5.41, 5.74) is 0.313. The Kier molecular flexibility index (Phi) is 3.49. The molecule has 4 nitrogen and oxygen atoms in total. The van der Waals surface area contributed by atoms with Crippen molar-refractivity contribution in [1.29, 1.82) is 5.26 Å². The molecule has 0 atom stereocenters. The molecule has 1 aromatic heterocycles. The summed E-state index contributed by atoms with van der Waals surface area (Å²) in [6.07, 6.45) is 1.17. The molecular formula is C13H10FN3O. The first kappa shape index (κ1) is 12.0. The SMILES string of the molecule is CCOc1ccccc1-c1ncnc(C#N)c1F. The Morgan fingerprint density at radius 2 is 2.11 bits per heavy atom. The van der Waals surface area contributed by atoms with Gasteiger partial charge in [-0.05, 0) is 19.1 Å². The first-order chi connectivity index (χ1) is 8.77. The second-order valence-electron chi connectivity index (χ2n) is 3.43. The second kappa shape index (κ2) is 5.23. The molecule has 0 amide bonds. The summed E-state index contributed by atoms with van der Waals surface area (Å²) < 4.78 is 19.4. The van der Waals surface area contributed by atoms with Gasteiger partial charge in [-0.25, -0.2) is 14.4 Å². The van der Waals surface area contributed by atoms with Gasteiger partial charge in [-0.3, -0.25) is 0 Å². The van der Waals surface area contributed by atoms with Gasteiger partial charge in [-0.2, -0.15) is 5.26 Å². The predicted molar refractivity (Wildman–Crippen MR) is 63.3 cm³/mol. The zero-order valence-electron chi connectivity index (χ0n) is 9.72. The number of benzene rings is 1. The van der Waals surface area contributed by atoms with Gasteiger partial charge < -0.3 is 4.74 Å². The van der Waals surface area contributed by atoms with Gasteiger partial charge in [0.1, 0.15) is 23.8 Å². The average molecular weight is 243 g/mol. The van der Waals surface area contributed by atoms with Crippen LogP contribution in [0, 0.1) is 17.1 Å². The van der Waals surface area contributed by atoms with Crippen molar-refractivity contribution in [2.75, 3.05) is 6.61 Å². The van der Waals surface area contributed by atoms with E-state index in [-0.39, 0.29) is 11.4 Å². The molecule has 90 valence electrons. The second-order valence-corrected chi connectivity index (χ2v) is 3.43. The Morgan fingerprint density at radius 3 is 2.83 bits per heavy atom. The lowest BCUT2D eigenvalue weighted by Crippen LogP contribution is -1.99. The van der Waals surface area contributed by atoms with Crippen LogP contribution < -0.4 is 4.74 Å². The number of halogens is 1. The van der Waals surface area contributed by atoms with Gasteiger partial charge in [0, 0.05) is 5.56 Å². The molecule has 0 N–H and O–H groups in total. The Morgan fingerprint density at radius 1 is 1.33 bits per heavy atom.